The average molecular weight is 457 g/mol. The number of alkyl halides is 3. The van der Waals surface area contributed by atoms with Crippen molar-refractivity contribution < 1.29 is 17.6 Å². The lowest BCUT2D eigenvalue weighted by Gasteiger charge is -2.21. The van der Waals surface area contributed by atoms with E-state index in [9.17, 15) is 17.6 Å². The highest BCUT2D eigenvalue weighted by Crippen LogP contribution is 2.41. The van der Waals surface area contributed by atoms with Crippen LogP contribution in [0.2, 0.25) is 0 Å². The summed E-state index contributed by atoms with van der Waals surface area (Å²) in [6, 6.07) is 12.0. The highest BCUT2D eigenvalue weighted by atomic mass is 19.4. The van der Waals surface area contributed by atoms with Gasteiger partial charge in [0.15, 0.2) is 5.82 Å². The van der Waals surface area contributed by atoms with Crippen LogP contribution >= 0.6 is 0 Å². The number of pyridine rings is 1. The summed E-state index contributed by atoms with van der Waals surface area (Å²) in [5, 5.41) is 10.8. The Bertz CT molecular complexity index is 1110. The summed E-state index contributed by atoms with van der Waals surface area (Å²) in [5.41, 5.74) is 0.380. The molecular formula is C24H23F4N5. The molecule has 0 amide bonds. The molecule has 2 aliphatic rings. The molecule has 0 bridgehead atoms. The van der Waals surface area contributed by atoms with Crippen LogP contribution in [-0.2, 0) is 12.7 Å². The van der Waals surface area contributed by atoms with E-state index in [0.29, 0.717) is 11.8 Å². The van der Waals surface area contributed by atoms with E-state index in [1.807, 2.05) is 18.2 Å². The Morgan fingerprint density at radius 1 is 0.970 bits per heavy atom. The van der Waals surface area contributed by atoms with Crippen LogP contribution in [0.1, 0.15) is 24.1 Å². The number of fused-ring (bicyclic) bond motifs is 1. The Labute approximate surface area is 188 Å². The minimum Gasteiger partial charge on any atom is -0.365 e. The number of anilines is 1. The first kappa shape index (κ1) is 21.8. The summed E-state index contributed by atoms with van der Waals surface area (Å²) in [5.74, 6) is 0.0535. The second-order valence-corrected chi connectivity index (χ2v) is 8.85. The summed E-state index contributed by atoms with van der Waals surface area (Å²) >= 11 is 0. The van der Waals surface area contributed by atoms with Gasteiger partial charge in [-0.3, -0.25) is 9.88 Å². The summed E-state index contributed by atoms with van der Waals surface area (Å²) in [4.78, 5) is 6.74. The largest absolute Gasteiger partial charge is 0.420 e. The standard InChI is InChI=1S/C24H23F4N5/c25-18-5-3-4-15(8-18)22-11-21(24(26,27)28)23(32-31-22)30-20-9-16-12-33(13-17(16)10-20)14-19-6-1-2-7-29-19/h1-8,11,16-17,20H,9-10,12-14H2,(H,30,32)/t16-,17-/m1/s1. The number of nitrogens with zero attached hydrogens (tertiary/aromatic N) is 4. The average Bonchev–Trinajstić information content (AvgIpc) is 3.32. The summed E-state index contributed by atoms with van der Waals surface area (Å²) in [7, 11) is 0. The first-order chi connectivity index (χ1) is 15.8. The predicted molar refractivity (Wildman–Crippen MR) is 116 cm³/mol. The third kappa shape index (κ3) is 4.83. The maximum absolute atomic E-state index is 13.8. The van der Waals surface area contributed by atoms with Gasteiger partial charge in [0.25, 0.3) is 0 Å². The van der Waals surface area contributed by atoms with E-state index < -0.39 is 17.6 Å². The monoisotopic (exact) mass is 457 g/mol. The van der Waals surface area contributed by atoms with Gasteiger partial charge in [0.1, 0.15) is 11.4 Å². The van der Waals surface area contributed by atoms with E-state index in [4.69, 9.17) is 0 Å². The van der Waals surface area contributed by atoms with Crippen LogP contribution in [0.15, 0.2) is 54.7 Å². The smallest absolute Gasteiger partial charge is 0.365 e. The number of likely N-dealkylation sites (tertiary alicyclic amines) is 1. The molecule has 5 rings (SSSR count). The maximum Gasteiger partial charge on any atom is 0.420 e. The molecule has 2 atom stereocenters. The second kappa shape index (κ2) is 8.70. The van der Waals surface area contributed by atoms with Gasteiger partial charge in [-0.1, -0.05) is 18.2 Å². The fourth-order valence-electron chi connectivity index (χ4n) is 5.06. The Balaban J connectivity index is 1.27. The Kier molecular flexibility index (Phi) is 5.74. The fraction of sp³-hybridized carbons (Fsp3) is 0.375. The molecule has 3 aromatic rings. The molecule has 1 aliphatic heterocycles. The van der Waals surface area contributed by atoms with Crippen molar-refractivity contribution >= 4 is 5.82 Å². The molecule has 1 saturated carbocycles. The van der Waals surface area contributed by atoms with Gasteiger partial charge in [-0.25, -0.2) is 4.39 Å². The van der Waals surface area contributed by atoms with Crippen LogP contribution in [0.5, 0.6) is 0 Å². The zero-order valence-corrected chi connectivity index (χ0v) is 17.8. The first-order valence-corrected chi connectivity index (χ1v) is 10.9. The van der Waals surface area contributed by atoms with Crippen molar-refractivity contribution in [3.63, 3.8) is 0 Å². The maximum atomic E-state index is 13.8. The lowest BCUT2D eigenvalue weighted by molar-refractivity contribution is -0.137. The van der Waals surface area contributed by atoms with E-state index in [2.05, 4.69) is 25.4 Å². The van der Waals surface area contributed by atoms with E-state index in [1.165, 1.54) is 18.2 Å². The SMILES string of the molecule is Fc1cccc(-c2cc(C(F)(F)F)c(NC3C[C@@H]4CN(Cc5ccccn5)C[C@H]4C3)nn2)c1. The van der Waals surface area contributed by atoms with Gasteiger partial charge in [-0.2, -0.15) is 13.2 Å². The van der Waals surface area contributed by atoms with Crippen molar-refractivity contribution in [2.75, 3.05) is 18.4 Å². The van der Waals surface area contributed by atoms with Crippen LogP contribution in [0, 0.1) is 17.7 Å². The highest BCUT2D eigenvalue weighted by Gasteiger charge is 2.42. The number of hydrogen-bond donors (Lipinski definition) is 1. The normalized spacial score (nSPS) is 21.3. The number of benzene rings is 1. The number of aromatic nitrogens is 3. The van der Waals surface area contributed by atoms with E-state index in [-0.39, 0.29) is 23.1 Å². The molecule has 1 aromatic carbocycles. The number of nitrogens with one attached hydrogen (secondary N) is 1. The zero-order chi connectivity index (χ0) is 23.0. The summed E-state index contributed by atoms with van der Waals surface area (Å²) in [6.45, 7) is 2.61. The third-order valence-electron chi connectivity index (χ3n) is 6.50. The number of halogens is 4. The van der Waals surface area contributed by atoms with Crippen molar-refractivity contribution in [2.24, 2.45) is 11.8 Å². The van der Waals surface area contributed by atoms with Gasteiger partial charge < -0.3 is 5.32 Å². The summed E-state index contributed by atoms with van der Waals surface area (Å²) < 4.78 is 54.9. The van der Waals surface area contributed by atoms with Crippen LogP contribution in [0.25, 0.3) is 11.3 Å². The Morgan fingerprint density at radius 3 is 2.42 bits per heavy atom. The Morgan fingerprint density at radius 2 is 1.76 bits per heavy atom. The highest BCUT2D eigenvalue weighted by molar-refractivity contribution is 5.62. The third-order valence-corrected chi connectivity index (χ3v) is 6.50. The molecule has 3 heterocycles. The van der Waals surface area contributed by atoms with Crippen molar-refractivity contribution in [3.8, 4) is 11.3 Å². The molecule has 2 aromatic heterocycles. The van der Waals surface area contributed by atoms with Crippen LogP contribution < -0.4 is 5.32 Å². The molecule has 0 spiro atoms. The summed E-state index contributed by atoms with van der Waals surface area (Å²) in [6.07, 6.45) is -1.25. The minimum atomic E-state index is -4.60. The van der Waals surface area contributed by atoms with Crippen LogP contribution in [0.4, 0.5) is 23.4 Å². The zero-order valence-electron chi connectivity index (χ0n) is 17.8. The predicted octanol–water partition coefficient (Wildman–Crippen LogP) is 5.02. The number of hydrogen-bond acceptors (Lipinski definition) is 5. The van der Waals surface area contributed by atoms with Gasteiger partial charge in [0, 0.05) is 37.4 Å². The molecule has 1 N–H and O–H groups in total. The van der Waals surface area contributed by atoms with Gasteiger partial charge in [-0.05, 0) is 55.0 Å². The van der Waals surface area contributed by atoms with Crippen molar-refractivity contribution in [3.05, 3.63) is 71.8 Å². The van der Waals surface area contributed by atoms with Crippen molar-refractivity contribution in [2.45, 2.75) is 31.6 Å². The van der Waals surface area contributed by atoms with Crippen LogP contribution in [-0.4, -0.2) is 39.2 Å². The fourth-order valence-corrected chi connectivity index (χ4v) is 5.06. The molecule has 0 unspecified atom stereocenters. The molecule has 1 aliphatic carbocycles. The second-order valence-electron chi connectivity index (χ2n) is 8.85. The van der Waals surface area contributed by atoms with Gasteiger partial charge >= 0.3 is 6.18 Å². The van der Waals surface area contributed by atoms with E-state index in [0.717, 1.165) is 50.3 Å². The first-order valence-electron chi connectivity index (χ1n) is 10.9. The lowest BCUT2D eigenvalue weighted by Crippen LogP contribution is -2.26. The molecule has 9 heteroatoms. The molecule has 2 fully saturated rings. The molecule has 0 radical (unpaired) electrons. The quantitative estimate of drug-likeness (QED) is 0.546. The van der Waals surface area contributed by atoms with Gasteiger partial charge in [0.05, 0.1) is 11.4 Å². The van der Waals surface area contributed by atoms with Crippen LogP contribution in [0.3, 0.4) is 0 Å². The molecule has 33 heavy (non-hydrogen) atoms. The molecule has 172 valence electrons. The van der Waals surface area contributed by atoms with Crippen molar-refractivity contribution in [1.29, 1.82) is 0 Å². The Hall–Kier alpha value is -3.07. The van der Waals surface area contributed by atoms with E-state index in [1.54, 1.807) is 6.20 Å². The minimum absolute atomic E-state index is 0.0131. The van der Waals surface area contributed by atoms with Gasteiger partial charge in [-0.15, -0.1) is 10.2 Å². The topological polar surface area (TPSA) is 53.9 Å². The van der Waals surface area contributed by atoms with Gasteiger partial charge in [0.2, 0.25) is 0 Å². The van der Waals surface area contributed by atoms with E-state index >= 15 is 0 Å². The number of rotatable bonds is 5. The molecular weight excluding hydrogens is 434 g/mol. The lowest BCUT2D eigenvalue weighted by atomic mass is 10.0. The van der Waals surface area contributed by atoms with Crippen molar-refractivity contribution in [1.82, 2.24) is 20.1 Å². The molecule has 1 saturated heterocycles. The molecule has 5 nitrogen and oxygen atoms in total.